The number of nitrogens with zero attached hydrogens (tertiary/aromatic N) is 1. The van der Waals surface area contributed by atoms with Gasteiger partial charge in [-0.15, -0.1) is 0 Å². The van der Waals surface area contributed by atoms with Gasteiger partial charge in [0.2, 0.25) is 0 Å². The van der Waals surface area contributed by atoms with Gasteiger partial charge in [-0.1, -0.05) is 26.2 Å². The largest absolute Gasteiger partial charge is 0.312 e. The highest BCUT2D eigenvalue weighted by atomic mass is 15.2. The van der Waals surface area contributed by atoms with Crippen molar-refractivity contribution in [2.24, 2.45) is 5.92 Å². The van der Waals surface area contributed by atoms with Crippen LogP contribution in [0, 0.1) is 5.92 Å². The van der Waals surface area contributed by atoms with Crippen LogP contribution in [0.3, 0.4) is 0 Å². The van der Waals surface area contributed by atoms with Crippen LogP contribution in [-0.2, 0) is 0 Å². The molecule has 18 heavy (non-hydrogen) atoms. The average Bonchev–Trinajstić information content (AvgIpc) is 3.20. The van der Waals surface area contributed by atoms with E-state index in [4.69, 9.17) is 0 Å². The molecule has 3 unspecified atom stereocenters. The minimum atomic E-state index is 0.735. The fourth-order valence-corrected chi connectivity index (χ4v) is 3.56. The molecule has 0 spiro atoms. The van der Waals surface area contributed by atoms with Crippen molar-refractivity contribution in [3.63, 3.8) is 0 Å². The van der Waals surface area contributed by atoms with E-state index in [9.17, 15) is 0 Å². The first-order chi connectivity index (χ1) is 8.74. The van der Waals surface area contributed by atoms with Crippen LogP contribution in [0.15, 0.2) is 0 Å². The van der Waals surface area contributed by atoms with E-state index in [2.05, 4.69) is 31.1 Å². The van der Waals surface area contributed by atoms with Crippen molar-refractivity contribution in [2.45, 2.75) is 83.3 Å². The minimum Gasteiger partial charge on any atom is -0.312 e. The van der Waals surface area contributed by atoms with Crippen molar-refractivity contribution in [2.75, 3.05) is 13.6 Å². The first-order valence-electron chi connectivity index (χ1n) is 8.19. The minimum absolute atomic E-state index is 0.735. The van der Waals surface area contributed by atoms with Gasteiger partial charge in [-0.3, -0.25) is 4.90 Å². The summed E-state index contributed by atoms with van der Waals surface area (Å²) in [6.07, 6.45) is 11.2. The molecular weight excluding hydrogens is 220 g/mol. The second kappa shape index (κ2) is 6.91. The van der Waals surface area contributed by atoms with E-state index in [0.717, 1.165) is 24.0 Å². The number of hydrogen-bond acceptors (Lipinski definition) is 2. The zero-order valence-corrected chi connectivity index (χ0v) is 12.6. The van der Waals surface area contributed by atoms with Crippen molar-refractivity contribution in [1.29, 1.82) is 0 Å². The monoisotopic (exact) mass is 252 g/mol. The Balaban J connectivity index is 1.94. The highest BCUT2D eigenvalue weighted by Gasteiger charge is 2.35. The topological polar surface area (TPSA) is 15.3 Å². The lowest BCUT2D eigenvalue weighted by atomic mass is 9.99. The van der Waals surface area contributed by atoms with Crippen LogP contribution in [0.5, 0.6) is 0 Å². The van der Waals surface area contributed by atoms with Gasteiger partial charge in [0, 0.05) is 18.1 Å². The molecule has 0 heterocycles. The number of likely N-dealkylation sites (N-methyl/N-ethyl adjacent to an activating group) is 1. The lowest BCUT2D eigenvalue weighted by molar-refractivity contribution is 0.126. The Morgan fingerprint density at radius 3 is 2.50 bits per heavy atom. The van der Waals surface area contributed by atoms with Gasteiger partial charge in [-0.05, 0) is 58.5 Å². The van der Waals surface area contributed by atoms with E-state index in [-0.39, 0.29) is 0 Å². The number of hydrogen-bond donors (Lipinski definition) is 1. The quantitative estimate of drug-likeness (QED) is 0.729. The fraction of sp³-hybridized carbons (Fsp3) is 1.00. The second-order valence-electron chi connectivity index (χ2n) is 6.51. The molecule has 1 N–H and O–H groups in total. The first kappa shape index (κ1) is 14.3. The highest BCUT2D eigenvalue weighted by molar-refractivity contribution is 4.92. The molecule has 0 bridgehead atoms. The summed E-state index contributed by atoms with van der Waals surface area (Å²) in [5.74, 6) is 0.991. The van der Waals surface area contributed by atoms with Gasteiger partial charge in [0.1, 0.15) is 0 Å². The molecule has 2 aliphatic carbocycles. The zero-order valence-electron chi connectivity index (χ0n) is 12.6. The summed E-state index contributed by atoms with van der Waals surface area (Å²) >= 11 is 0. The maximum atomic E-state index is 3.81. The normalized spacial score (nSPS) is 31.3. The molecular formula is C16H32N2. The lowest BCUT2D eigenvalue weighted by Crippen LogP contribution is -2.51. The van der Waals surface area contributed by atoms with Crippen LogP contribution in [0.1, 0.15) is 65.2 Å². The average molecular weight is 252 g/mol. The van der Waals surface area contributed by atoms with Gasteiger partial charge in [0.15, 0.2) is 0 Å². The smallest absolute Gasteiger partial charge is 0.0249 e. The number of nitrogens with one attached hydrogen (secondary N) is 1. The molecule has 0 radical (unpaired) electrons. The van der Waals surface area contributed by atoms with Crippen molar-refractivity contribution in [1.82, 2.24) is 10.2 Å². The molecule has 0 aliphatic heterocycles. The van der Waals surface area contributed by atoms with E-state index in [1.54, 1.807) is 0 Å². The van der Waals surface area contributed by atoms with Crippen LogP contribution in [0.2, 0.25) is 0 Å². The van der Waals surface area contributed by atoms with Crippen LogP contribution in [0.25, 0.3) is 0 Å². The Labute approximate surface area is 114 Å². The molecule has 2 rings (SSSR count). The number of rotatable bonds is 6. The van der Waals surface area contributed by atoms with Gasteiger partial charge in [0.05, 0.1) is 0 Å². The van der Waals surface area contributed by atoms with Crippen LogP contribution < -0.4 is 5.32 Å². The van der Waals surface area contributed by atoms with Crippen molar-refractivity contribution < 1.29 is 0 Å². The summed E-state index contributed by atoms with van der Waals surface area (Å²) in [7, 11) is 2.37. The Morgan fingerprint density at radius 1 is 1.11 bits per heavy atom. The Hall–Kier alpha value is -0.0800. The molecule has 2 aliphatic rings. The van der Waals surface area contributed by atoms with Gasteiger partial charge < -0.3 is 5.32 Å². The van der Waals surface area contributed by atoms with Crippen LogP contribution in [-0.4, -0.2) is 36.6 Å². The molecule has 3 atom stereocenters. The zero-order chi connectivity index (χ0) is 13.0. The summed E-state index contributed by atoms with van der Waals surface area (Å²) in [5.41, 5.74) is 0. The first-order valence-corrected chi connectivity index (χ1v) is 8.19. The molecule has 0 saturated heterocycles. The van der Waals surface area contributed by atoms with Crippen molar-refractivity contribution in [3.8, 4) is 0 Å². The summed E-state index contributed by atoms with van der Waals surface area (Å²) < 4.78 is 0. The van der Waals surface area contributed by atoms with Gasteiger partial charge in [-0.25, -0.2) is 0 Å². The predicted molar refractivity (Wildman–Crippen MR) is 78.9 cm³/mol. The van der Waals surface area contributed by atoms with Gasteiger partial charge in [0.25, 0.3) is 0 Å². The van der Waals surface area contributed by atoms with Gasteiger partial charge in [-0.2, -0.15) is 0 Å². The molecule has 0 aromatic rings. The summed E-state index contributed by atoms with van der Waals surface area (Å²) in [5, 5.41) is 3.81. The Bertz CT molecular complexity index is 237. The predicted octanol–water partition coefficient (Wildman–Crippen LogP) is 3.42. The van der Waals surface area contributed by atoms with E-state index in [1.165, 1.54) is 57.9 Å². The van der Waals surface area contributed by atoms with Crippen molar-refractivity contribution >= 4 is 0 Å². The highest BCUT2D eigenvalue weighted by Crippen LogP contribution is 2.36. The van der Waals surface area contributed by atoms with Crippen LogP contribution in [0.4, 0.5) is 0 Å². The molecule has 106 valence electrons. The van der Waals surface area contributed by atoms with Crippen LogP contribution >= 0.6 is 0 Å². The molecule has 0 amide bonds. The Morgan fingerprint density at radius 2 is 1.83 bits per heavy atom. The summed E-state index contributed by atoms with van der Waals surface area (Å²) in [4.78, 5) is 2.70. The summed E-state index contributed by atoms with van der Waals surface area (Å²) in [6, 6.07) is 2.30. The molecule has 0 aromatic heterocycles. The molecule has 2 fully saturated rings. The maximum Gasteiger partial charge on any atom is 0.0249 e. The molecule has 2 saturated carbocycles. The van der Waals surface area contributed by atoms with E-state index >= 15 is 0 Å². The fourth-order valence-electron chi connectivity index (χ4n) is 3.56. The maximum absolute atomic E-state index is 3.81. The van der Waals surface area contributed by atoms with Gasteiger partial charge >= 0.3 is 0 Å². The Kier molecular flexibility index (Phi) is 5.50. The SMILES string of the molecule is CCCNC1CCCCCC1N(C)C(C)C1CC1. The standard InChI is InChI=1S/C16H32N2/c1-4-12-17-15-8-6-5-7-9-16(15)18(3)13(2)14-10-11-14/h13-17H,4-12H2,1-3H3. The molecule has 0 aromatic carbocycles. The van der Waals surface area contributed by atoms with E-state index < -0.39 is 0 Å². The third-order valence-electron chi connectivity index (χ3n) is 5.11. The third kappa shape index (κ3) is 3.71. The lowest BCUT2D eigenvalue weighted by Gasteiger charge is -2.38. The second-order valence-corrected chi connectivity index (χ2v) is 6.51. The van der Waals surface area contributed by atoms with Crippen molar-refractivity contribution in [3.05, 3.63) is 0 Å². The van der Waals surface area contributed by atoms with E-state index in [1.807, 2.05) is 0 Å². The van der Waals surface area contributed by atoms with E-state index in [0.29, 0.717) is 0 Å². The molecule has 2 nitrogen and oxygen atoms in total. The summed E-state index contributed by atoms with van der Waals surface area (Å²) in [6.45, 7) is 5.90. The third-order valence-corrected chi connectivity index (χ3v) is 5.11. The molecule has 2 heteroatoms.